The fourth-order valence-corrected chi connectivity index (χ4v) is 1.35. The molecule has 0 radical (unpaired) electrons. The van der Waals surface area contributed by atoms with Gasteiger partial charge in [0.2, 0.25) is 0 Å². The number of amides is 2. The average molecular weight is 262 g/mol. The van der Waals surface area contributed by atoms with Crippen molar-refractivity contribution in [2.45, 2.75) is 13.0 Å². The predicted molar refractivity (Wildman–Crippen MR) is 70.4 cm³/mol. The molecule has 0 heterocycles. The Morgan fingerprint density at radius 1 is 1.47 bits per heavy atom. The Labute approximate surface area is 110 Å². The van der Waals surface area contributed by atoms with Crippen LogP contribution >= 0.6 is 0 Å². The minimum atomic E-state index is -1.10. The second-order valence-corrected chi connectivity index (χ2v) is 3.71. The maximum Gasteiger partial charge on any atom is 0.339 e. The summed E-state index contributed by atoms with van der Waals surface area (Å²) >= 11 is 0. The Balaban J connectivity index is 2.84. The molecule has 3 N–H and O–H groups in total. The van der Waals surface area contributed by atoms with Crippen LogP contribution in [0, 0.1) is 12.3 Å². The zero-order chi connectivity index (χ0) is 14.4. The summed E-state index contributed by atoms with van der Waals surface area (Å²) < 4.78 is 4.95. The number of urea groups is 1. The van der Waals surface area contributed by atoms with Crippen molar-refractivity contribution in [1.82, 2.24) is 5.32 Å². The zero-order valence-corrected chi connectivity index (χ0v) is 10.6. The lowest BCUT2D eigenvalue weighted by Crippen LogP contribution is -2.35. The monoisotopic (exact) mass is 262 g/mol. The van der Waals surface area contributed by atoms with Gasteiger partial charge in [-0.3, -0.25) is 0 Å². The van der Waals surface area contributed by atoms with Crippen LogP contribution in [0.1, 0.15) is 17.3 Å². The lowest BCUT2D eigenvalue weighted by atomic mass is 10.2. The highest BCUT2D eigenvalue weighted by Gasteiger charge is 2.12. The van der Waals surface area contributed by atoms with Crippen molar-refractivity contribution in [2.75, 3.05) is 12.4 Å². The molecule has 1 aromatic rings. The number of carbonyl (C=O) groups is 2. The van der Waals surface area contributed by atoms with E-state index in [2.05, 4.69) is 16.6 Å². The Bertz CT molecular complexity index is 534. The molecule has 0 aliphatic carbocycles. The van der Waals surface area contributed by atoms with Crippen LogP contribution < -0.4 is 15.4 Å². The number of anilines is 1. The third kappa shape index (κ3) is 3.92. The quantitative estimate of drug-likeness (QED) is 0.718. The molecule has 0 aliphatic rings. The van der Waals surface area contributed by atoms with E-state index in [9.17, 15) is 9.59 Å². The van der Waals surface area contributed by atoms with Crippen molar-refractivity contribution in [2.24, 2.45) is 0 Å². The lowest BCUT2D eigenvalue weighted by molar-refractivity contribution is 0.0693. The van der Waals surface area contributed by atoms with E-state index in [1.54, 1.807) is 6.92 Å². The molecule has 1 rings (SSSR count). The molecule has 0 fully saturated rings. The lowest BCUT2D eigenvalue weighted by Gasteiger charge is -2.11. The number of carboxylic acid groups (broad SMARTS) is 1. The van der Waals surface area contributed by atoms with E-state index in [1.807, 2.05) is 0 Å². The molecule has 0 aromatic heterocycles. The van der Waals surface area contributed by atoms with Crippen LogP contribution in [-0.4, -0.2) is 30.3 Å². The van der Waals surface area contributed by atoms with Crippen molar-refractivity contribution in [3.8, 4) is 18.1 Å². The molecule has 0 spiro atoms. The van der Waals surface area contributed by atoms with E-state index >= 15 is 0 Å². The second-order valence-electron chi connectivity index (χ2n) is 3.71. The summed E-state index contributed by atoms with van der Waals surface area (Å²) in [5.74, 6) is 1.41. The molecule has 1 aromatic carbocycles. The van der Waals surface area contributed by atoms with E-state index < -0.39 is 18.0 Å². The molecule has 6 heteroatoms. The molecular formula is C13H14N2O4. The maximum atomic E-state index is 11.5. The molecule has 0 bridgehead atoms. The van der Waals surface area contributed by atoms with Crippen molar-refractivity contribution < 1.29 is 19.4 Å². The van der Waals surface area contributed by atoms with Gasteiger partial charge in [-0.1, -0.05) is 5.92 Å². The minimum absolute atomic E-state index is 0.0189. The smallest absolute Gasteiger partial charge is 0.339 e. The van der Waals surface area contributed by atoms with Crippen LogP contribution in [0.5, 0.6) is 5.75 Å². The summed E-state index contributed by atoms with van der Waals surface area (Å²) in [6, 6.07) is 3.35. The second kappa shape index (κ2) is 6.31. The van der Waals surface area contributed by atoms with Crippen molar-refractivity contribution >= 4 is 17.7 Å². The number of hydrogen-bond donors (Lipinski definition) is 3. The van der Waals surface area contributed by atoms with Gasteiger partial charge in [-0.2, -0.15) is 0 Å². The maximum absolute atomic E-state index is 11.5. The number of carbonyl (C=O) groups excluding carboxylic acids is 1. The van der Waals surface area contributed by atoms with Gasteiger partial charge in [0.15, 0.2) is 0 Å². The molecule has 0 aliphatic heterocycles. The van der Waals surface area contributed by atoms with Gasteiger partial charge in [0.25, 0.3) is 0 Å². The van der Waals surface area contributed by atoms with Gasteiger partial charge in [0.1, 0.15) is 11.3 Å². The van der Waals surface area contributed by atoms with E-state index in [1.165, 1.54) is 25.3 Å². The fourth-order valence-electron chi connectivity index (χ4n) is 1.35. The third-order valence-corrected chi connectivity index (χ3v) is 2.29. The topological polar surface area (TPSA) is 87.7 Å². The first-order valence-electron chi connectivity index (χ1n) is 5.43. The number of benzene rings is 1. The van der Waals surface area contributed by atoms with Gasteiger partial charge in [-0.15, -0.1) is 6.42 Å². The van der Waals surface area contributed by atoms with E-state index in [-0.39, 0.29) is 11.3 Å². The molecule has 6 nitrogen and oxygen atoms in total. The molecule has 0 saturated carbocycles. The number of nitrogens with one attached hydrogen (secondary N) is 2. The van der Waals surface area contributed by atoms with Crippen LogP contribution in [0.2, 0.25) is 0 Å². The Kier molecular flexibility index (Phi) is 4.77. The number of ether oxygens (including phenoxy) is 1. The van der Waals surface area contributed by atoms with Crippen molar-refractivity contribution in [3.05, 3.63) is 23.8 Å². The highest BCUT2D eigenvalue weighted by molar-refractivity contribution is 5.94. The largest absolute Gasteiger partial charge is 0.496 e. The molecule has 0 saturated heterocycles. The molecule has 2 amide bonds. The molecular weight excluding hydrogens is 248 g/mol. The normalized spacial score (nSPS) is 11.0. The molecule has 19 heavy (non-hydrogen) atoms. The van der Waals surface area contributed by atoms with Gasteiger partial charge >= 0.3 is 12.0 Å². The number of aromatic carboxylic acids is 1. The highest BCUT2D eigenvalue weighted by Crippen LogP contribution is 2.23. The third-order valence-electron chi connectivity index (χ3n) is 2.29. The Hall–Kier alpha value is -2.68. The summed E-state index contributed by atoms with van der Waals surface area (Å²) in [7, 11) is 1.35. The highest BCUT2D eigenvalue weighted by atomic mass is 16.5. The van der Waals surface area contributed by atoms with E-state index in [4.69, 9.17) is 16.3 Å². The summed E-state index contributed by atoms with van der Waals surface area (Å²) in [6.07, 6.45) is 5.13. The standard InChI is InChI=1S/C13H14N2O4/c1-4-8(2)14-13(18)15-9-5-6-10(12(16)17)11(7-9)19-3/h1,5-8H,2-3H3,(H,16,17)(H2,14,15,18). The number of methoxy groups -OCH3 is 1. The number of hydrogen-bond acceptors (Lipinski definition) is 3. The van der Waals surface area contributed by atoms with Gasteiger partial charge in [-0.25, -0.2) is 9.59 Å². The fraction of sp³-hybridized carbons (Fsp3) is 0.231. The Morgan fingerprint density at radius 3 is 2.68 bits per heavy atom. The molecule has 100 valence electrons. The van der Waals surface area contributed by atoms with Gasteiger partial charge < -0.3 is 20.5 Å². The summed E-state index contributed by atoms with van der Waals surface area (Å²) in [4.78, 5) is 22.4. The number of carboxylic acids is 1. The van der Waals surface area contributed by atoms with Gasteiger partial charge in [0.05, 0.1) is 13.2 Å². The Morgan fingerprint density at radius 2 is 2.16 bits per heavy atom. The minimum Gasteiger partial charge on any atom is -0.496 e. The first-order valence-corrected chi connectivity index (χ1v) is 5.43. The summed E-state index contributed by atoms with van der Waals surface area (Å²) in [5, 5.41) is 14.0. The van der Waals surface area contributed by atoms with Crippen LogP contribution in [0.3, 0.4) is 0 Å². The SMILES string of the molecule is C#CC(C)NC(=O)Nc1ccc(C(=O)O)c(OC)c1. The van der Waals surface area contributed by atoms with Crippen LogP contribution in [0.4, 0.5) is 10.5 Å². The molecule has 1 unspecified atom stereocenters. The predicted octanol–water partition coefficient (Wildman–Crippen LogP) is 1.54. The summed E-state index contributed by atoms with van der Waals surface area (Å²) in [5.41, 5.74) is 0.425. The van der Waals surface area contributed by atoms with Crippen LogP contribution in [0.25, 0.3) is 0 Å². The van der Waals surface area contributed by atoms with Crippen molar-refractivity contribution in [1.29, 1.82) is 0 Å². The van der Waals surface area contributed by atoms with Gasteiger partial charge in [0, 0.05) is 11.8 Å². The number of terminal acetylenes is 1. The van der Waals surface area contributed by atoms with E-state index in [0.29, 0.717) is 5.69 Å². The molecule has 1 atom stereocenters. The van der Waals surface area contributed by atoms with Crippen LogP contribution in [-0.2, 0) is 0 Å². The summed E-state index contributed by atoms with van der Waals surface area (Å²) in [6.45, 7) is 1.66. The first kappa shape index (κ1) is 14.4. The average Bonchev–Trinajstić information content (AvgIpc) is 2.37. The van der Waals surface area contributed by atoms with Crippen LogP contribution in [0.15, 0.2) is 18.2 Å². The zero-order valence-electron chi connectivity index (χ0n) is 10.6. The van der Waals surface area contributed by atoms with E-state index in [0.717, 1.165) is 0 Å². The first-order chi connectivity index (χ1) is 8.97. The van der Waals surface area contributed by atoms with Gasteiger partial charge in [-0.05, 0) is 19.1 Å². The van der Waals surface area contributed by atoms with Crippen molar-refractivity contribution in [3.63, 3.8) is 0 Å². The number of rotatable bonds is 4.